The van der Waals surface area contributed by atoms with Crippen molar-refractivity contribution in [1.82, 2.24) is 15.6 Å². The van der Waals surface area contributed by atoms with Gasteiger partial charge in [-0.3, -0.25) is 20.4 Å². The molecular weight excluding hydrogens is 446 g/mol. The number of ether oxygens (including phenoxy) is 1. The van der Waals surface area contributed by atoms with E-state index in [-0.39, 0.29) is 11.4 Å². The fraction of sp³-hybridized carbons (Fsp3) is 0.130. The van der Waals surface area contributed by atoms with Crippen LogP contribution in [0, 0.1) is 0 Å². The lowest BCUT2D eigenvalue weighted by Crippen LogP contribution is -2.40. The fourth-order valence-electron chi connectivity index (χ4n) is 2.69. The van der Waals surface area contributed by atoms with Crippen LogP contribution in [0.4, 0.5) is 0 Å². The smallest absolute Gasteiger partial charge is 0.269 e. The van der Waals surface area contributed by atoms with Crippen molar-refractivity contribution in [3.63, 3.8) is 0 Å². The second-order valence-corrected chi connectivity index (χ2v) is 8.47. The maximum absolute atomic E-state index is 12.3. The molecule has 0 saturated heterocycles. The lowest BCUT2D eigenvalue weighted by Gasteiger charge is -2.07. The average Bonchev–Trinajstić information content (AvgIpc) is 3.35. The highest BCUT2D eigenvalue weighted by Gasteiger charge is 2.14. The normalized spacial score (nSPS) is 11.3. The van der Waals surface area contributed by atoms with Gasteiger partial charge in [-0.2, -0.15) is 0 Å². The summed E-state index contributed by atoms with van der Waals surface area (Å²) in [7, 11) is -3.70. The van der Waals surface area contributed by atoms with Gasteiger partial charge in [0.25, 0.3) is 11.8 Å². The average molecular weight is 470 g/mol. The minimum Gasteiger partial charge on any atom is -0.494 e. The maximum atomic E-state index is 12.3. The van der Waals surface area contributed by atoms with Crippen LogP contribution >= 0.6 is 0 Å². The zero-order valence-electron chi connectivity index (χ0n) is 17.8. The van der Waals surface area contributed by atoms with E-state index in [4.69, 9.17) is 9.15 Å². The van der Waals surface area contributed by atoms with Crippen LogP contribution < -0.4 is 20.3 Å². The van der Waals surface area contributed by atoms with E-state index in [1.807, 2.05) is 6.92 Å². The molecule has 0 aliphatic rings. The molecule has 0 aliphatic carbocycles. The van der Waals surface area contributed by atoms with E-state index < -0.39 is 21.8 Å². The Kier molecular flexibility index (Phi) is 8.01. The molecule has 0 bridgehead atoms. The molecule has 1 heterocycles. The second kappa shape index (κ2) is 11.1. The zero-order chi connectivity index (χ0) is 23.7. The third kappa shape index (κ3) is 7.06. The summed E-state index contributed by atoms with van der Waals surface area (Å²) < 4.78 is 37.5. The Morgan fingerprint density at radius 2 is 1.73 bits per heavy atom. The highest BCUT2D eigenvalue weighted by Crippen LogP contribution is 2.13. The van der Waals surface area contributed by atoms with E-state index in [1.165, 1.54) is 30.5 Å². The predicted molar refractivity (Wildman–Crippen MR) is 121 cm³/mol. The lowest BCUT2D eigenvalue weighted by atomic mass is 10.2. The zero-order valence-corrected chi connectivity index (χ0v) is 18.6. The summed E-state index contributed by atoms with van der Waals surface area (Å²) in [5.74, 6) is 0.120. The monoisotopic (exact) mass is 469 g/mol. The molecule has 2 aromatic carbocycles. The number of rotatable bonds is 9. The molecule has 0 unspecified atom stereocenters. The number of hydrazine groups is 1. The molecule has 9 nitrogen and oxygen atoms in total. The Morgan fingerprint density at radius 1 is 1.00 bits per heavy atom. The van der Waals surface area contributed by atoms with Crippen molar-refractivity contribution in [3.8, 4) is 5.75 Å². The van der Waals surface area contributed by atoms with E-state index in [2.05, 4.69) is 15.6 Å². The number of benzene rings is 2. The van der Waals surface area contributed by atoms with Gasteiger partial charge in [0.1, 0.15) is 11.5 Å². The van der Waals surface area contributed by atoms with E-state index in [1.54, 1.807) is 48.5 Å². The molecule has 0 atom stereocenters. The van der Waals surface area contributed by atoms with Gasteiger partial charge in [0.15, 0.2) is 0 Å². The first-order valence-corrected chi connectivity index (χ1v) is 11.5. The molecule has 172 valence electrons. The first-order valence-electron chi connectivity index (χ1n) is 10.0. The quantitative estimate of drug-likeness (QED) is 0.327. The van der Waals surface area contributed by atoms with Crippen molar-refractivity contribution < 1.29 is 27.2 Å². The highest BCUT2D eigenvalue weighted by molar-refractivity contribution is 7.89. The van der Waals surface area contributed by atoms with Gasteiger partial charge in [0.05, 0.1) is 24.3 Å². The van der Waals surface area contributed by atoms with Crippen molar-refractivity contribution in [2.24, 2.45) is 0 Å². The number of sulfonamides is 1. The molecule has 0 saturated carbocycles. The molecule has 3 N–H and O–H groups in total. The Hall–Kier alpha value is -3.89. The first-order chi connectivity index (χ1) is 15.9. The van der Waals surface area contributed by atoms with Crippen molar-refractivity contribution in [1.29, 1.82) is 0 Å². The van der Waals surface area contributed by atoms with E-state index in [0.717, 1.165) is 0 Å². The summed E-state index contributed by atoms with van der Waals surface area (Å²) in [4.78, 5) is 24.1. The summed E-state index contributed by atoms with van der Waals surface area (Å²) in [6.07, 6.45) is 4.18. The van der Waals surface area contributed by atoms with Gasteiger partial charge in [-0.1, -0.05) is 12.1 Å². The van der Waals surface area contributed by atoms with Crippen molar-refractivity contribution in [2.45, 2.75) is 18.4 Å². The molecular formula is C23H23N3O6S. The van der Waals surface area contributed by atoms with Crippen LogP contribution in [-0.2, 0) is 21.4 Å². The molecule has 2 amide bonds. The molecule has 0 radical (unpaired) electrons. The molecule has 0 spiro atoms. The third-order valence-electron chi connectivity index (χ3n) is 4.36. The largest absolute Gasteiger partial charge is 0.494 e. The van der Waals surface area contributed by atoms with Crippen LogP contribution in [0.5, 0.6) is 5.75 Å². The number of furan rings is 1. The van der Waals surface area contributed by atoms with Gasteiger partial charge >= 0.3 is 0 Å². The molecule has 33 heavy (non-hydrogen) atoms. The first kappa shape index (κ1) is 23.8. The van der Waals surface area contributed by atoms with Crippen LogP contribution in [0.15, 0.2) is 82.3 Å². The summed E-state index contributed by atoms with van der Waals surface area (Å²) in [5.41, 5.74) is 5.57. The minimum absolute atomic E-state index is 0.0412. The maximum Gasteiger partial charge on any atom is 0.269 e. The Bertz CT molecular complexity index is 1200. The molecule has 3 aromatic rings. The Balaban J connectivity index is 1.49. The fourth-order valence-corrected chi connectivity index (χ4v) is 3.69. The van der Waals surface area contributed by atoms with Crippen molar-refractivity contribution >= 4 is 27.9 Å². The predicted octanol–water partition coefficient (Wildman–Crippen LogP) is 2.63. The van der Waals surface area contributed by atoms with Crippen LogP contribution in [0.2, 0.25) is 0 Å². The van der Waals surface area contributed by atoms with E-state index in [9.17, 15) is 18.0 Å². The topological polar surface area (TPSA) is 127 Å². The van der Waals surface area contributed by atoms with Crippen molar-refractivity contribution in [2.75, 3.05) is 6.61 Å². The van der Waals surface area contributed by atoms with Gasteiger partial charge in [-0.25, -0.2) is 13.1 Å². The van der Waals surface area contributed by atoms with E-state index in [0.29, 0.717) is 29.2 Å². The SMILES string of the molecule is CCOc1ccc(C(=O)NNC(=O)/C=C/c2ccc(S(=O)(=O)NCc3ccco3)cc2)cc1. The number of amides is 2. The summed E-state index contributed by atoms with van der Waals surface area (Å²) in [6, 6.07) is 15.8. The number of carbonyl (C=O) groups excluding carboxylic acids is 2. The number of hydrogen-bond acceptors (Lipinski definition) is 6. The number of hydrogen-bond donors (Lipinski definition) is 3. The van der Waals surface area contributed by atoms with Gasteiger partial charge < -0.3 is 9.15 Å². The van der Waals surface area contributed by atoms with Crippen LogP contribution in [-0.4, -0.2) is 26.8 Å². The molecule has 10 heteroatoms. The molecule has 0 fully saturated rings. The Labute approximate surface area is 191 Å². The number of carbonyl (C=O) groups is 2. The van der Waals surface area contributed by atoms with Gasteiger partial charge in [0.2, 0.25) is 10.0 Å². The van der Waals surface area contributed by atoms with Gasteiger partial charge in [-0.05, 0) is 67.1 Å². The van der Waals surface area contributed by atoms with Gasteiger partial charge in [-0.15, -0.1) is 0 Å². The lowest BCUT2D eigenvalue weighted by molar-refractivity contribution is -0.117. The van der Waals surface area contributed by atoms with Crippen molar-refractivity contribution in [3.05, 3.63) is 89.9 Å². The molecule has 1 aromatic heterocycles. The third-order valence-corrected chi connectivity index (χ3v) is 5.78. The standard InChI is InChI=1S/C23H23N3O6S/c1-2-31-19-10-8-18(9-11-19)23(28)26-25-22(27)14-7-17-5-12-21(13-6-17)33(29,30)24-16-20-4-3-15-32-20/h3-15,24H,2,16H2,1H3,(H,25,27)(H,26,28)/b14-7+. The number of nitrogens with one attached hydrogen (secondary N) is 3. The summed E-state index contributed by atoms with van der Waals surface area (Å²) in [5, 5.41) is 0. The summed E-state index contributed by atoms with van der Waals surface area (Å²) in [6.45, 7) is 2.43. The Morgan fingerprint density at radius 3 is 2.36 bits per heavy atom. The second-order valence-electron chi connectivity index (χ2n) is 6.71. The van der Waals surface area contributed by atoms with Crippen LogP contribution in [0.3, 0.4) is 0 Å². The molecule has 0 aliphatic heterocycles. The van der Waals surface area contributed by atoms with E-state index >= 15 is 0 Å². The van der Waals surface area contributed by atoms with Crippen LogP contribution in [0.1, 0.15) is 28.6 Å². The molecule has 3 rings (SSSR count). The summed E-state index contributed by atoms with van der Waals surface area (Å²) >= 11 is 0. The minimum atomic E-state index is -3.70. The van der Waals surface area contributed by atoms with Crippen LogP contribution in [0.25, 0.3) is 6.08 Å². The highest BCUT2D eigenvalue weighted by atomic mass is 32.2. The van der Waals surface area contributed by atoms with Gasteiger partial charge in [0, 0.05) is 11.6 Å².